The van der Waals surface area contributed by atoms with Crippen molar-refractivity contribution in [3.8, 4) is 0 Å². The SMILES string of the molecule is NCCCCCCC(=O)N[C@H](CO)C(=O)O. The predicted octanol–water partition coefficient (Wildman–Crippen LogP) is -0.543. The minimum absolute atomic E-state index is 0.286. The van der Waals surface area contributed by atoms with Crippen molar-refractivity contribution in [1.29, 1.82) is 0 Å². The zero-order valence-corrected chi connectivity index (χ0v) is 9.32. The van der Waals surface area contributed by atoms with Gasteiger partial charge in [-0.15, -0.1) is 0 Å². The number of nitrogens with two attached hydrogens (primary N) is 1. The van der Waals surface area contributed by atoms with E-state index in [2.05, 4.69) is 5.32 Å². The van der Waals surface area contributed by atoms with E-state index in [1.54, 1.807) is 0 Å². The number of amides is 1. The van der Waals surface area contributed by atoms with Crippen molar-refractivity contribution in [2.45, 2.75) is 38.1 Å². The standard InChI is InChI=1S/C10H20N2O4/c11-6-4-2-1-3-5-9(14)12-8(7-13)10(15)16/h8,13H,1-7,11H2,(H,12,14)(H,15,16)/t8-/m1/s1. The number of carbonyl (C=O) groups excluding carboxylic acids is 1. The summed E-state index contributed by atoms with van der Waals surface area (Å²) < 4.78 is 0. The van der Waals surface area contributed by atoms with E-state index < -0.39 is 18.6 Å². The fourth-order valence-corrected chi connectivity index (χ4v) is 1.24. The first-order chi connectivity index (χ1) is 7.61. The Balaban J connectivity index is 3.61. The highest BCUT2D eigenvalue weighted by Gasteiger charge is 2.17. The van der Waals surface area contributed by atoms with Crippen LogP contribution in [-0.2, 0) is 9.59 Å². The second kappa shape index (κ2) is 9.11. The van der Waals surface area contributed by atoms with Gasteiger partial charge in [-0.2, -0.15) is 0 Å². The van der Waals surface area contributed by atoms with Crippen LogP contribution in [0.4, 0.5) is 0 Å². The van der Waals surface area contributed by atoms with E-state index in [0.29, 0.717) is 13.0 Å². The number of hydrogen-bond donors (Lipinski definition) is 4. The number of nitrogens with one attached hydrogen (secondary N) is 1. The van der Waals surface area contributed by atoms with Gasteiger partial charge in [-0.05, 0) is 19.4 Å². The maximum absolute atomic E-state index is 11.2. The number of aliphatic hydroxyl groups is 1. The fraction of sp³-hybridized carbons (Fsp3) is 0.800. The minimum atomic E-state index is -1.22. The number of carbonyl (C=O) groups is 2. The van der Waals surface area contributed by atoms with Gasteiger partial charge in [0.25, 0.3) is 0 Å². The Kier molecular flexibility index (Phi) is 8.46. The van der Waals surface area contributed by atoms with Gasteiger partial charge < -0.3 is 21.3 Å². The van der Waals surface area contributed by atoms with Crippen LogP contribution in [0.2, 0.25) is 0 Å². The highest BCUT2D eigenvalue weighted by Crippen LogP contribution is 2.02. The molecule has 6 nitrogen and oxygen atoms in total. The third-order valence-electron chi connectivity index (χ3n) is 2.17. The van der Waals surface area contributed by atoms with Gasteiger partial charge in [0.1, 0.15) is 6.04 Å². The summed E-state index contributed by atoms with van der Waals surface area (Å²) in [6.45, 7) is 0.0616. The Morgan fingerprint density at radius 3 is 2.31 bits per heavy atom. The van der Waals surface area contributed by atoms with Gasteiger partial charge in [0.2, 0.25) is 5.91 Å². The van der Waals surface area contributed by atoms with E-state index in [4.69, 9.17) is 15.9 Å². The topological polar surface area (TPSA) is 113 Å². The fourth-order valence-electron chi connectivity index (χ4n) is 1.24. The first-order valence-electron chi connectivity index (χ1n) is 5.45. The normalized spacial score (nSPS) is 12.1. The minimum Gasteiger partial charge on any atom is -0.480 e. The lowest BCUT2D eigenvalue weighted by Crippen LogP contribution is -2.43. The van der Waals surface area contributed by atoms with Crippen LogP contribution < -0.4 is 11.1 Å². The van der Waals surface area contributed by atoms with Crippen molar-refractivity contribution in [2.75, 3.05) is 13.2 Å². The second-order valence-corrected chi connectivity index (χ2v) is 3.59. The maximum atomic E-state index is 11.2. The molecular formula is C10H20N2O4. The molecule has 1 atom stereocenters. The van der Waals surface area contributed by atoms with E-state index in [-0.39, 0.29) is 12.3 Å². The van der Waals surface area contributed by atoms with Crippen molar-refractivity contribution < 1.29 is 19.8 Å². The molecule has 0 unspecified atom stereocenters. The number of hydrogen-bond acceptors (Lipinski definition) is 4. The van der Waals surface area contributed by atoms with E-state index >= 15 is 0 Å². The molecule has 0 saturated heterocycles. The first kappa shape index (κ1) is 14.9. The molecule has 0 aromatic heterocycles. The number of aliphatic carboxylic acids is 1. The first-order valence-corrected chi connectivity index (χ1v) is 5.45. The summed E-state index contributed by atoms with van der Waals surface area (Å²) >= 11 is 0. The van der Waals surface area contributed by atoms with E-state index in [0.717, 1.165) is 19.3 Å². The summed E-state index contributed by atoms with van der Waals surface area (Å²) in [5, 5.41) is 19.5. The largest absolute Gasteiger partial charge is 0.480 e. The molecule has 0 heterocycles. The van der Waals surface area contributed by atoms with Crippen LogP contribution in [0.15, 0.2) is 0 Å². The predicted molar refractivity (Wildman–Crippen MR) is 58.8 cm³/mol. The monoisotopic (exact) mass is 232 g/mol. The van der Waals surface area contributed by atoms with Crippen molar-refractivity contribution >= 4 is 11.9 Å². The molecule has 0 aliphatic rings. The lowest BCUT2D eigenvalue weighted by atomic mass is 10.1. The molecule has 94 valence electrons. The number of unbranched alkanes of at least 4 members (excludes halogenated alkanes) is 3. The molecule has 0 fully saturated rings. The van der Waals surface area contributed by atoms with Crippen LogP contribution in [0.3, 0.4) is 0 Å². The molecular weight excluding hydrogens is 212 g/mol. The Morgan fingerprint density at radius 2 is 1.81 bits per heavy atom. The van der Waals surface area contributed by atoms with Gasteiger partial charge in [-0.1, -0.05) is 12.8 Å². The Morgan fingerprint density at radius 1 is 1.19 bits per heavy atom. The van der Waals surface area contributed by atoms with Crippen LogP contribution in [0.1, 0.15) is 32.1 Å². The average molecular weight is 232 g/mol. The van der Waals surface area contributed by atoms with Crippen molar-refractivity contribution in [2.24, 2.45) is 5.73 Å². The molecule has 0 aliphatic carbocycles. The molecule has 0 saturated carbocycles. The summed E-state index contributed by atoms with van der Waals surface area (Å²) in [5.74, 6) is -1.56. The van der Waals surface area contributed by atoms with Crippen LogP contribution in [-0.4, -0.2) is 41.3 Å². The third-order valence-corrected chi connectivity index (χ3v) is 2.17. The van der Waals surface area contributed by atoms with E-state index in [1.807, 2.05) is 0 Å². The molecule has 0 aromatic rings. The maximum Gasteiger partial charge on any atom is 0.328 e. The molecule has 0 spiro atoms. The smallest absolute Gasteiger partial charge is 0.328 e. The highest BCUT2D eigenvalue weighted by molar-refractivity contribution is 5.83. The van der Waals surface area contributed by atoms with Crippen molar-refractivity contribution in [3.63, 3.8) is 0 Å². The third kappa shape index (κ3) is 7.19. The zero-order chi connectivity index (χ0) is 12.4. The molecule has 6 heteroatoms. The summed E-state index contributed by atoms with van der Waals surface area (Å²) in [6.07, 6.45) is 3.82. The highest BCUT2D eigenvalue weighted by atomic mass is 16.4. The van der Waals surface area contributed by atoms with Crippen molar-refractivity contribution in [1.82, 2.24) is 5.32 Å². The van der Waals surface area contributed by atoms with Gasteiger partial charge in [0.15, 0.2) is 0 Å². The molecule has 0 aliphatic heterocycles. The van der Waals surface area contributed by atoms with Gasteiger partial charge >= 0.3 is 5.97 Å². The lowest BCUT2D eigenvalue weighted by molar-refractivity contribution is -0.142. The second-order valence-electron chi connectivity index (χ2n) is 3.59. The Labute approximate surface area is 94.8 Å². The van der Waals surface area contributed by atoms with Gasteiger partial charge in [-0.3, -0.25) is 4.79 Å². The molecule has 0 rings (SSSR count). The molecule has 0 bridgehead atoms. The lowest BCUT2D eigenvalue weighted by Gasteiger charge is -2.11. The Hall–Kier alpha value is -1.14. The van der Waals surface area contributed by atoms with Gasteiger partial charge in [0, 0.05) is 6.42 Å². The molecule has 0 aromatic carbocycles. The number of carboxylic acids is 1. The zero-order valence-electron chi connectivity index (χ0n) is 9.32. The summed E-state index contributed by atoms with van der Waals surface area (Å²) in [5.41, 5.74) is 5.32. The van der Waals surface area contributed by atoms with Crippen LogP contribution in [0.25, 0.3) is 0 Å². The van der Waals surface area contributed by atoms with Crippen LogP contribution in [0, 0.1) is 0 Å². The van der Waals surface area contributed by atoms with Crippen LogP contribution >= 0.6 is 0 Å². The summed E-state index contributed by atoms with van der Waals surface area (Å²) in [4.78, 5) is 21.7. The van der Waals surface area contributed by atoms with Gasteiger partial charge in [0.05, 0.1) is 6.61 Å². The molecule has 1 amide bonds. The quantitative estimate of drug-likeness (QED) is 0.399. The molecule has 5 N–H and O–H groups in total. The number of aliphatic hydroxyl groups excluding tert-OH is 1. The Bertz CT molecular complexity index is 221. The molecule has 0 radical (unpaired) electrons. The summed E-state index contributed by atoms with van der Waals surface area (Å²) in [7, 11) is 0. The van der Waals surface area contributed by atoms with E-state index in [1.165, 1.54) is 0 Å². The summed E-state index contributed by atoms with van der Waals surface area (Å²) in [6, 6.07) is -1.20. The van der Waals surface area contributed by atoms with Gasteiger partial charge in [-0.25, -0.2) is 4.79 Å². The molecule has 16 heavy (non-hydrogen) atoms. The van der Waals surface area contributed by atoms with Crippen LogP contribution in [0.5, 0.6) is 0 Å². The van der Waals surface area contributed by atoms with Crippen molar-refractivity contribution in [3.05, 3.63) is 0 Å². The number of rotatable bonds is 9. The average Bonchev–Trinajstić information content (AvgIpc) is 2.25. The van der Waals surface area contributed by atoms with E-state index in [9.17, 15) is 9.59 Å². The number of carboxylic acid groups (broad SMARTS) is 1.